The number of aliphatic hydroxyl groups is 1. The van der Waals surface area contributed by atoms with Crippen LogP contribution in [0.1, 0.15) is 30.1 Å². The zero-order valence-corrected chi connectivity index (χ0v) is 12.2. The van der Waals surface area contributed by atoms with Crippen LogP contribution in [-0.4, -0.2) is 11.2 Å². The van der Waals surface area contributed by atoms with Crippen molar-refractivity contribution in [2.24, 2.45) is 5.92 Å². The molecule has 0 saturated heterocycles. The van der Waals surface area contributed by atoms with Gasteiger partial charge in [-0.05, 0) is 42.0 Å². The summed E-state index contributed by atoms with van der Waals surface area (Å²) >= 11 is 0. The summed E-state index contributed by atoms with van der Waals surface area (Å²) in [6.07, 6.45) is 1.30. The minimum absolute atomic E-state index is 0.241. The number of benzene rings is 2. The van der Waals surface area contributed by atoms with Gasteiger partial charge < -0.3 is 9.84 Å². The van der Waals surface area contributed by atoms with E-state index in [0.29, 0.717) is 11.6 Å². The van der Waals surface area contributed by atoms with E-state index in [2.05, 4.69) is 5.32 Å². The summed E-state index contributed by atoms with van der Waals surface area (Å²) < 4.78 is 5.16. The zero-order chi connectivity index (χ0) is 15.4. The van der Waals surface area contributed by atoms with Crippen molar-refractivity contribution in [1.29, 1.82) is 0 Å². The second-order valence-electron chi connectivity index (χ2n) is 5.59. The van der Waals surface area contributed by atoms with Gasteiger partial charge in [0.25, 0.3) is 0 Å². The van der Waals surface area contributed by atoms with Gasteiger partial charge in [0.05, 0.1) is 6.10 Å². The number of amides is 1. The van der Waals surface area contributed by atoms with Crippen molar-refractivity contribution < 1.29 is 14.6 Å². The van der Waals surface area contributed by atoms with Crippen LogP contribution < -0.4 is 5.32 Å². The predicted octanol–water partition coefficient (Wildman–Crippen LogP) is 3.88. The minimum atomic E-state index is -0.487. The number of hydrogen-bond acceptors (Lipinski definition) is 3. The Morgan fingerprint density at radius 2 is 1.82 bits per heavy atom. The molecule has 0 aliphatic heterocycles. The summed E-state index contributed by atoms with van der Waals surface area (Å²) in [5.74, 6) is 0.398. The molecule has 1 aliphatic rings. The van der Waals surface area contributed by atoms with E-state index in [1.165, 1.54) is 0 Å². The summed E-state index contributed by atoms with van der Waals surface area (Å²) in [5.41, 5.74) is 2.50. The number of nitrogens with one attached hydrogen (secondary N) is 1. The third-order valence-electron chi connectivity index (χ3n) is 3.78. The molecule has 2 aromatic rings. The van der Waals surface area contributed by atoms with Gasteiger partial charge in [-0.3, -0.25) is 5.32 Å². The summed E-state index contributed by atoms with van der Waals surface area (Å²) in [7, 11) is 0. The van der Waals surface area contributed by atoms with Crippen molar-refractivity contribution in [1.82, 2.24) is 0 Å². The molecule has 1 aliphatic carbocycles. The van der Waals surface area contributed by atoms with Crippen molar-refractivity contribution in [3.05, 3.63) is 65.7 Å². The standard InChI is InChI=1S/C18H19NO3/c20-17(14-6-7-14)15-8-10-16(11-9-15)19-18(21)22-12-13-4-2-1-3-5-13/h1-5,8-11,14,17,20H,6-7,12H2,(H,19,21). The number of carbonyl (C=O) groups is 1. The van der Waals surface area contributed by atoms with Gasteiger partial charge in [-0.2, -0.15) is 0 Å². The van der Waals surface area contributed by atoms with Gasteiger partial charge in [0.2, 0.25) is 0 Å². The Kier molecular flexibility index (Phi) is 4.39. The molecular weight excluding hydrogens is 278 g/mol. The van der Waals surface area contributed by atoms with E-state index >= 15 is 0 Å². The molecule has 2 N–H and O–H groups in total. The summed E-state index contributed by atoms with van der Waals surface area (Å²) in [4.78, 5) is 11.7. The normalized spacial score (nSPS) is 15.1. The SMILES string of the molecule is O=C(Nc1ccc(C(O)C2CC2)cc1)OCc1ccccc1. The van der Waals surface area contributed by atoms with E-state index in [1.807, 2.05) is 42.5 Å². The molecule has 0 aromatic heterocycles. The molecule has 0 spiro atoms. The van der Waals surface area contributed by atoms with Gasteiger partial charge in [-0.15, -0.1) is 0 Å². The Balaban J connectivity index is 1.50. The van der Waals surface area contributed by atoms with Gasteiger partial charge in [0.1, 0.15) is 6.61 Å². The minimum Gasteiger partial charge on any atom is -0.444 e. The Hall–Kier alpha value is -2.33. The molecule has 1 unspecified atom stereocenters. The van der Waals surface area contributed by atoms with E-state index in [9.17, 15) is 9.90 Å². The lowest BCUT2D eigenvalue weighted by atomic mass is 10.1. The Morgan fingerprint density at radius 3 is 2.45 bits per heavy atom. The van der Waals surface area contributed by atoms with Gasteiger partial charge in [0, 0.05) is 5.69 Å². The molecule has 3 rings (SSSR count). The maximum atomic E-state index is 11.7. The van der Waals surface area contributed by atoms with Gasteiger partial charge >= 0.3 is 6.09 Å². The molecule has 1 amide bonds. The summed E-state index contributed by atoms with van der Waals surface area (Å²) in [5, 5.41) is 12.7. The topological polar surface area (TPSA) is 58.6 Å². The highest BCUT2D eigenvalue weighted by Crippen LogP contribution is 2.40. The maximum absolute atomic E-state index is 11.7. The molecule has 0 heterocycles. The third kappa shape index (κ3) is 3.86. The Morgan fingerprint density at radius 1 is 1.14 bits per heavy atom. The number of aliphatic hydroxyl groups excluding tert-OH is 1. The fourth-order valence-electron chi connectivity index (χ4n) is 2.32. The summed E-state index contributed by atoms with van der Waals surface area (Å²) in [6, 6.07) is 16.8. The van der Waals surface area contributed by atoms with Crippen molar-refractivity contribution in [2.75, 3.05) is 5.32 Å². The van der Waals surface area contributed by atoms with Crippen LogP contribution in [0.15, 0.2) is 54.6 Å². The van der Waals surface area contributed by atoms with E-state index in [-0.39, 0.29) is 12.7 Å². The number of hydrogen-bond donors (Lipinski definition) is 2. The molecule has 0 bridgehead atoms. The van der Waals surface area contributed by atoms with Crippen molar-refractivity contribution in [3.63, 3.8) is 0 Å². The highest BCUT2D eigenvalue weighted by molar-refractivity contribution is 5.84. The Labute approximate surface area is 129 Å². The molecule has 2 aromatic carbocycles. The van der Waals surface area contributed by atoms with E-state index in [4.69, 9.17) is 4.74 Å². The first-order chi connectivity index (χ1) is 10.7. The molecule has 22 heavy (non-hydrogen) atoms. The fraction of sp³-hybridized carbons (Fsp3) is 0.278. The molecule has 114 valence electrons. The average Bonchev–Trinajstić information content (AvgIpc) is 3.39. The first kappa shape index (κ1) is 14.6. The van der Waals surface area contributed by atoms with Crippen LogP contribution >= 0.6 is 0 Å². The van der Waals surface area contributed by atoms with Gasteiger partial charge in [0.15, 0.2) is 0 Å². The van der Waals surface area contributed by atoms with E-state index in [0.717, 1.165) is 24.0 Å². The van der Waals surface area contributed by atoms with Crippen LogP contribution in [0, 0.1) is 5.92 Å². The molecule has 0 radical (unpaired) electrons. The van der Waals surface area contributed by atoms with E-state index < -0.39 is 6.09 Å². The quantitative estimate of drug-likeness (QED) is 0.880. The van der Waals surface area contributed by atoms with Crippen LogP contribution in [0.5, 0.6) is 0 Å². The lowest BCUT2D eigenvalue weighted by molar-refractivity contribution is 0.154. The zero-order valence-electron chi connectivity index (χ0n) is 12.2. The largest absolute Gasteiger partial charge is 0.444 e. The van der Waals surface area contributed by atoms with Crippen LogP contribution in [0.2, 0.25) is 0 Å². The molecule has 1 fully saturated rings. The smallest absolute Gasteiger partial charge is 0.411 e. The van der Waals surface area contributed by atoms with Crippen molar-refractivity contribution in [2.45, 2.75) is 25.6 Å². The molecule has 1 saturated carbocycles. The van der Waals surface area contributed by atoms with Gasteiger partial charge in [-0.1, -0.05) is 42.5 Å². The number of anilines is 1. The van der Waals surface area contributed by atoms with Crippen molar-refractivity contribution in [3.8, 4) is 0 Å². The van der Waals surface area contributed by atoms with Crippen molar-refractivity contribution >= 4 is 11.8 Å². The molecule has 1 atom stereocenters. The third-order valence-corrected chi connectivity index (χ3v) is 3.78. The lowest BCUT2D eigenvalue weighted by Gasteiger charge is -2.11. The monoisotopic (exact) mass is 297 g/mol. The first-order valence-electron chi connectivity index (χ1n) is 7.48. The Bertz CT molecular complexity index is 621. The van der Waals surface area contributed by atoms with E-state index in [1.54, 1.807) is 12.1 Å². The number of carbonyl (C=O) groups excluding carboxylic acids is 1. The van der Waals surface area contributed by atoms with Gasteiger partial charge in [-0.25, -0.2) is 4.79 Å². The first-order valence-corrected chi connectivity index (χ1v) is 7.48. The highest BCUT2D eigenvalue weighted by atomic mass is 16.5. The van der Waals surface area contributed by atoms with Crippen LogP contribution in [0.25, 0.3) is 0 Å². The number of rotatable bonds is 5. The molecular formula is C18H19NO3. The van der Waals surface area contributed by atoms with Crippen LogP contribution in [-0.2, 0) is 11.3 Å². The molecule has 4 heteroatoms. The second kappa shape index (κ2) is 6.62. The second-order valence-corrected chi connectivity index (χ2v) is 5.59. The highest BCUT2D eigenvalue weighted by Gasteiger charge is 2.30. The average molecular weight is 297 g/mol. The number of ether oxygens (including phenoxy) is 1. The predicted molar refractivity (Wildman–Crippen MR) is 84.4 cm³/mol. The van der Waals surface area contributed by atoms with Crippen LogP contribution in [0.4, 0.5) is 10.5 Å². The fourth-order valence-corrected chi connectivity index (χ4v) is 2.32. The summed E-state index contributed by atoms with van der Waals surface area (Å²) in [6.45, 7) is 0.241. The maximum Gasteiger partial charge on any atom is 0.411 e. The molecule has 4 nitrogen and oxygen atoms in total. The van der Waals surface area contributed by atoms with Crippen LogP contribution in [0.3, 0.4) is 0 Å². The lowest BCUT2D eigenvalue weighted by Crippen LogP contribution is -2.13.